The van der Waals surface area contributed by atoms with Crippen LogP contribution in [-0.2, 0) is 83.2 Å². The molecule has 8 rings (SSSR count). The second kappa shape index (κ2) is 54.3. The lowest BCUT2D eigenvalue weighted by molar-refractivity contribution is -0.134. The molecule has 0 radical (unpaired) electrons. The van der Waals surface area contributed by atoms with Crippen LogP contribution in [0.3, 0.4) is 0 Å². The van der Waals surface area contributed by atoms with E-state index in [4.69, 9.17) is 73.2 Å². The summed E-state index contributed by atoms with van der Waals surface area (Å²) in [6.07, 6.45) is 8.89. The molecule has 4 aromatic heterocycles. The molecule has 12 amide bonds. The summed E-state index contributed by atoms with van der Waals surface area (Å²) in [7, 11) is 0. The number of carbonyl (C=O) groups excluding carboxylic acids is 12. The number of hydrogen-bond donors (Lipinski definition) is 32. The van der Waals surface area contributed by atoms with Gasteiger partial charge in [0.25, 0.3) is 0 Å². The molecule has 4 aromatic carbocycles. The molecule has 0 fully saturated rings. The summed E-state index contributed by atoms with van der Waals surface area (Å²) in [4.78, 5) is 183. The monoisotopic (exact) mass is 1840 g/mol. The number of unbranched alkanes of at least 4 members (excludes halogenated alkanes) is 3. The summed E-state index contributed by atoms with van der Waals surface area (Å²) in [6, 6.07) is 16.5. The van der Waals surface area contributed by atoms with Crippen molar-refractivity contribution in [2.24, 2.45) is 51.6 Å². The molecule has 4 heterocycles. The quantitative estimate of drug-likeness (QED) is 0.0106. The summed E-state index contributed by atoms with van der Waals surface area (Å²) < 4.78 is 0. The molecule has 0 aliphatic heterocycles. The predicted molar refractivity (Wildman–Crippen MR) is 507 cm³/mol. The summed E-state index contributed by atoms with van der Waals surface area (Å²) in [6.45, 7) is 0.689. The maximum atomic E-state index is 15.2. The molecule has 0 aliphatic rings. The minimum absolute atomic E-state index is 0.00527. The van der Waals surface area contributed by atoms with Crippen molar-refractivity contribution in [3.8, 4) is 0 Å². The Morgan fingerprint density at radius 3 is 0.842 bits per heavy atom. The van der Waals surface area contributed by atoms with E-state index in [1.165, 1.54) is 0 Å². The van der Waals surface area contributed by atoms with Gasteiger partial charge in [0.15, 0.2) is 23.8 Å². The molecule has 0 aliphatic carbocycles. The van der Waals surface area contributed by atoms with Gasteiger partial charge in [-0.15, -0.1) is 0 Å². The Morgan fingerprint density at radius 2 is 0.526 bits per heavy atom. The number of nitrogens with one attached hydrogen (secondary N) is 23. The normalized spacial score (nSPS) is 13.7. The minimum Gasteiger partial charge on any atom is -0.370 e. The SMILES string of the molecule is N=C(N)NCCC[C@H](N)C(=O)N[C@@H](Cc1c[nH]c2ccccc12)C(=O)NCCCC[C@H](NC(=O)[C@H](Cc1c[nH]c2ccccc12)NC(=O)[C@@H](N)CCCNC(=N)N)C(=O)NCCCC[C@H](NC(=O)[C@H](CCCCNC(=O)[C@H](Cc1c[nH]c2ccccc12)NC(=O)C[C@@H](N)CCNC(=N)N)NC(=O)[C@H](Cc1c[nH]c2ccccc12)NC(=O)[C@@H](N)CCCNC(=N)N)C(=O)NCCC(N)=O. The number of amides is 12. The molecule has 0 unspecified atom stereocenters. The number of nitrogens with two attached hydrogens (primary N) is 9. The molecule has 0 saturated heterocycles. The molecular formula is C89H132N32O12. The molecule has 0 bridgehead atoms. The number of hydrogen-bond acceptors (Lipinski definition) is 20. The van der Waals surface area contributed by atoms with E-state index in [0.717, 1.165) is 54.7 Å². The van der Waals surface area contributed by atoms with E-state index in [0.29, 0.717) is 36.9 Å². The first kappa shape index (κ1) is 104. The fourth-order valence-electron chi connectivity index (χ4n) is 15.2. The second-order valence-corrected chi connectivity index (χ2v) is 33.0. The van der Waals surface area contributed by atoms with Gasteiger partial charge in [-0.05, 0) is 149 Å². The van der Waals surface area contributed by atoms with Crippen LogP contribution < -0.4 is 131 Å². The van der Waals surface area contributed by atoms with Gasteiger partial charge in [-0.3, -0.25) is 79.2 Å². The minimum atomic E-state index is -1.47. The third-order valence-electron chi connectivity index (χ3n) is 22.5. The third-order valence-corrected chi connectivity index (χ3v) is 22.5. The number of aromatic amines is 4. The Bertz CT molecular complexity index is 5260. The highest BCUT2D eigenvalue weighted by molar-refractivity contribution is 5.98. The van der Waals surface area contributed by atoms with Crippen molar-refractivity contribution in [1.29, 1.82) is 21.6 Å². The zero-order valence-electron chi connectivity index (χ0n) is 74.7. The highest BCUT2D eigenvalue weighted by Gasteiger charge is 2.35. The number of aromatic nitrogens is 4. The van der Waals surface area contributed by atoms with Crippen molar-refractivity contribution in [3.05, 3.63) is 144 Å². The average Bonchev–Trinajstić information content (AvgIpc) is 1.71. The van der Waals surface area contributed by atoms with Gasteiger partial charge in [0.1, 0.15) is 42.3 Å². The van der Waals surface area contributed by atoms with Crippen LogP contribution in [0.25, 0.3) is 43.6 Å². The van der Waals surface area contributed by atoms with Crippen LogP contribution in [0.15, 0.2) is 122 Å². The van der Waals surface area contributed by atoms with E-state index < -0.39 is 137 Å². The maximum absolute atomic E-state index is 15.2. The van der Waals surface area contributed by atoms with Gasteiger partial charge in [0, 0.05) is 165 Å². The van der Waals surface area contributed by atoms with Crippen LogP contribution >= 0.6 is 0 Å². The molecule has 11 atom stereocenters. The second-order valence-electron chi connectivity index (χ2n) is 33.0. The molecular weight excluding hydrogens is 1710 g/mol. The highest BCUT2D eigenvalue weighted by atomic mass is 16.2. The number of carbonyl (C=O) groups is 12. The molecule has 44 heteroatoms. The van der Waals surface area contributed by atoms with Crippen molar-refractivity contribution in [2.75, 3.05) is 52.4 Å². The molecule has 720 valence electrons. The number of H-pyrrole nitrogens is 4. The van der Waals surface area contributed by atoms with Crippen molar-refractivity contribution in [3.63, 3.8) is 0 Å². The number of fused-ring (bicyclic) bond motifs is 4. The van der Waals surface area contributed by atoms with Crippen LogP contribution in [0, 0.1) is 21.6 Å². The summed E-state index contributed by atoms with van der Waals surface area (Å²) in [5, 5.41) is 75.0. The van der Waals surface area contributed by atoms with Gasteiger partial charge in [-0.1, -0.05) is 72.8 Å². The summed E-state index contributed by atoms with van der Waals surface area (Å²) in [5.74, 6) is -9.23. The van der Waals surface area contributed by atoms with Crippen LogP contribution in [-0.4, -0.2) is 233 Å². The fraction of sp³-hybridized carbons (Fsp3) is 0.461. The number of rotatable bonds is 60. The lowest BCUT2D eigenvalue weighted by Crippen LogP contribution is -2.58. The van der Waals surface area contributed by atoms with Crippen molar-refractivity contribution < 1.29 is 57.5 Å². The number of para-hydroxylation sites is 4. The van der Waals surface area contributed by atoms with Crippen LogP contribution in [0.2, 0.25) is 0 Å². The lowest BCUT2D eigenvalue weighted by atomic mass is 10.0. The Hall–Kier alpha value is -14.4. The van der Waals surface area contributed by atoms with Crippen LogP contribution in [0.5, 0.6) is 0 Å². The van der Waals surface area contributed by atoms with Gasteiger partial charge < -0.3 is 151 Å². The Labute approximate surface area is 769 Å². The van der Waals surface area contributed by atoms with E-state index in [1.54, 1.807) is 30.9 Å². The van der Waals surface area contributed by atoms with Crippen molar-refractivity contribution in [2.45, 2.75) is 208 Å². The number of guanidine groups is 4. The Balaban J connectivity index is 1.02. The third kappa shape index (κ3) is 35.4. The van der Waals surface area contributed by atoms with E-state index >= 15 is 9.59 Å². The Morgan fingerprint density at radius 1 is 0.271 bits per heavy atom. The maximum Gasteiger partial charge on any atom is 0.243 e. The van der Waals surface area contributed by atoms with Crippen LogP contribution in [0.4, 0.5) is 0 Å². The van der Waals surface area contributed by atoms with Gasteiger partial charge in [-0.25, -0.2) is 0 Å². The van der Waals surface area contributed by atoms with Gasteiger partial charge >= 0.3 is 0 Å². The standard InChI is InChI=1S/C89H132N32O12/c90-55(32-40-110-89(101)102)46-75(123)115-70(42-51-47-111-63-25-5-1-18-56(51)63)81(129)104-35-14-11-31-69(118-85(133)73(45-54-50-114-66-28-8-4-21-59(54)66)121-78(126)62(93)24-17-39-109-88(99)100)83(131)116-68(80(128)106-41-33-74(94)122)30-9-12-34-103-79(127)67(117-84(132)72(44-53-49-113-65-27-7-3-20-58(53)65)120-77(125)61(92)23-16-38-108-87(97)98)29-10-13-36-105-82(130)71(43-52-48-112-64-26-6-2-19-57(52)64)119-76(124)60(91)22-15-37-107-86(95)96/h1-8,18-21,25-28,47-50,55,60-62,67-73,111-114H,9-17,22-24,29-46,90-93H2,(H2,94,122)(H,103,127)(H,104,129)(H,105,130)(H,106,128)(H,115,123)(H,116,131)(H,117,132)(H,118,133)(H,119,124)(H,120,125)(H,121,126)(H4,95,96,107)(H4,97,98,108)(H4,99,100,109)(H4,101,102,110)/t55-,60-,61-,62-,67-,68-,69-,70-,71-,72-,73-/m0/s1. The van der Waals surface area contributed by atoms with E-state index in [9.17, 15) is 47.9 Å². The summed E-state index contributed by atoms with van der Waals surface area (Å²) in [5.41, 5.74) is 58.6. The first-order chi connectivity index (χ1) is 63.8. The van der Waals surface area contributed by atoms with Gasteiger partial charge in [0.2, 0.25) is 70.9 Å². The topological polar surface area (TPSA) is 778 Å². The highest BCUT2D eigenvalue weighted by Crippen LogP contribution is 2.25. The van der Waals surface area contributed by atoms with Crippen molar-refractivity contribution >= 4 is 138 Å². The molecule has 0 saturated carbocycles. The van der Waals surface area contributed by atoms with Crippen LogP contribution in [0.1, 0.15) is 138 Å². The zero-order chi connectivity index (χ0) is 96.3. The van der Waals surface area contributed by atoms with E-state index in [-0.39, 0.29) is 192 Å². The first-order valence-corrected chi connectivity index (χ1v) is 44.9. The molecule has 133 heavy (non-hydrogen) atoms. The lowest BCUT2D eigenvalue weighted by Gasteiger charge is -2.26. The number of benzene rings is 4. The van der Waals surface area contributed by atoms with Crippen molar-refractivity contribution in [1.82, 2.24) is 99.7 Å². The molecule has 0 spiro atoms. The molecule has 8 aromatic rings. The molecule has 41 N–H and O–H groups in total. The fourth-order valence-corrected chi connectivity index (χ4v) is 15.2. The van der Waals surface area contributed by atoms with E-state index in [2.05, 4.69) is 99.7 Å². The van der Waals surface area contributed by atoms with E-state index in [1.807, 2.05) is 91.0 Å². The largest absolute Gasteiger partial charge is 0.370 e. The number of primary amides is 1. The average molecular weight is 1840 g/mol. The molecule has 44 nitrogen and oxygen atoms in total. The Kier molecular flexibility index (Phi) is 42.4. The zero-order valence-corrected chi connectivity index (χ0v) is 74.7. The van der Waals surface area contributed by atoms with Gasteiger partial charge in [0.05, 0.1) is 18.1 Å². The van der Waals surface area contributed by atoms with Gasteiger partial charge in [-0.2, -0.15) is 0 Å². The first-order valence-electron chi connectivity index (χ1n) is 44.9. The summed E-state index contributed by atoms with van der Waals surface area (Å²) >= 11 is 0. The smallest absolute Gasteiger partial charge is 0.243 e. The predicted octanol–water partition coefficient (Wildman–Crippen LogP) is -2.51.